The molecule has 0 aliphatic rings. The summed E-state index contributed by atoms with van der Waals surface area (Å²) in [7, 11) is 0. The summed E-state index contributed by atoms with van der Waals surface area (Å²) in [5.74, 6) is 1.85. The van der Waals surface area contributed by atoms with E-state index in [0.717, 1.165) is 11.5 Å². The number of nitrogens with zero attached hydrogens (tertiary/aromatic N) is 3. The SMILES string of the molecule is Cc1cnc(-n2ccc(C(C)C)n2)cc1C(C)C. The van der Waals surface area contributed by atoms with Crippen LogP contribution in [0.1, 0.15) is 56.4 Å². The van der Waals surface area contributed by atoms with Crippen molar-refractivity contribution >= 4 is 0 Å². The van der Waals surface area contributed by atoms with Crippen molar-refractivity contribution in [2.24, 2.45) is 0 Å². The van der Waals surface area contributed by atoms with E-state index >= 15 is 0 Å². The number of pyridine rings is 1. The standard InChI is InChI=1S/C15H21N3/c1-10(2)13-8-15(16-9-12(13)5)18-7-6-14(17-18)11(3)4/h6-11H,1-5H3. The third kappa shape index (κ3) is 2.45. The van der Waals surface area contributed by atoms with Crippen LogP contribution in [0.15, 0.2) is 24.5 Å². The van der Waals surface area contributed by atoms with Gasteiger partial charge in [0.2, 0.25) is 0 Å². The first-order valence-corrected chi connectivity index (χ1v) is 6.51. The minimum atomic E-state index is 0.446. The van der Waals surface area contributed by atoms with Crippen molar-refractivity contribution in [3.8, 4) is 5.82 Å². The predicted octanol–water partition coefficient (Wildman–Crippen LogP) is 3.82. The summed E-state index contributed by atoms with van der Waals surface area (Å²) < 4.78 is 1.86. The quantitative estimate of drug-likeness (QED) is 0.820. The topological polar surface area (TPSA) is 30.7 Å². The van der Waals surface area contributed by atoms with E-state index < -0.39 is 0 Å². The molecule has 0 aliphatic heterocycles. The van der Waals surface area contributed by atoms with Crippen LogP contribution in [0.2, 0.25) is 0 Å². The molecule has 0 saturated heterocycles. The zero-order valence-corrected chi connectivity index (χ0v) is 11.8. The first-order valence-electron chi connectivity index (χ1n) is 6.51. The van der Waals surface area contributed by atoms with Crippen molar-refractivity contribution in [3.05, 3.63) is 41.3 Å². The van der Waals surface area contributed by atoms with Crippen LogP contribution in [-0.4, -0.2) is 14.8 Å². The lowest BCUT2D eigenvalue weighted by atomic mass is 10.00. The molecule has 2 heterocycles. The smallest absolute Gasteiger partial charge is 0.153 e. The maximum atomic E-state index is 4.56. The third-order valence-electron chi connectivity index (χ3n) is 3.19. The molecule has 0 spiro atoms. The monoisotopic (exact) mass is 243 g/mol. The van der Waals surface area contributed by atoms with Crippen molar-refractivity contribution in [1.29, 1.82) is 0 Å². The molecule has 96 valence electrons. The Bertz CT molecular complexity index is 538. The summed E-state index contributed by atoms with van der Waals surface area (Å²) in [4.78, 5) is 4.46. The maximum Gasteiger partial charge on any atom is 0.153 e. The van der Waals surface area contributed by atoms with Gasteiger partial charge in [-0.25, -0.2) is 9.67 Å². The van der Waals surface area contributed by atoms with E-state index in [4.69, 9.17) is 0 Å². The number of aromatic nitrogens is 3. The molecular weight excluding hydrogens is 222 g/mol. The molecule has 0 atom stereocenters. The van der Waals surface area contributed by atoms with E-state index in [0.29, 0.717) is 11.8 Å². The van der Waals surface area contributed by atoms with Crippen LogP contribution in [0.4, 0.5) is 0 Å². The van der Waals surface area contributed by atoms with Crippen molar-refractivity contribution < 1.29 is 0 Å². The van der Waals surface area contributed by atoms with Gasteiger partial charge >= 0.3 is 0 Å². The average molecular weight is 243 g/mol. The van der Waals surface area contributed by atoms with E-state index in [1.165, 1.54) is 11.1 Å². The van der Waals surface area contributed by atoms with E-state index in [1.807, 2.05) is 17.1 Å². The molecule has 0 aliphatic carbocycles. The summed E-state index contributed by atoms with van der Waals surface area (Å²) >= 11 is 0. The Balaban J connectivity index is 2.41. The second-order valence-corrected chi connectivity index (χ2v) is 5.39. The van der Waals surface area contributed by atoms with Crippen molar-refractivity contribution in [2.45, 2.75) is 46.5 Å². The van der Waals surface area contributed by atoms with Gasteiger partial charge in [0.05, 0.1) is 5.69 Å². The van der Waals surface area contributed by atoms with Gasteiger partial charge in [-0.2, -0.15) is 5.10 Å². The molecule has 0 aromatic carbocycles. The van der Waals surface area contributed by atoms with Crippen LogP contribution in [0.5, 0.6) is 0 Å². The van der Waals surface area contributed by atoms with E-state index in [1.54, 1.807) is 0 Å². The highest BCUT2D eigenvalue weighted by atomic mass is 15.3. The molecule has 0 unspecified atom stereocenters. The van der Waals surface area contributed by atoms with E-state index in [-0.39, 0.29) is 0 Å². The highest BCUT2D eigenvalue weighted by Gasteiger charge is 2.09. The average Bonchev–Trinajstić information content (AvgIpc) is 2.78. The number of hydrogen-bond acceptors (Lipinski definition) is 2. The molecule has 0 amide bonds. The minimum Gasteiger partial charge on any atom is -0.237 e. The summed E-state index contributed by atoms with van der Waals surface area (Å²) in [5.41, 5.74) is 3.68. The Morgan fingerprint density at radius 1 is 1.11 bits per heavy atom. The second-order valence-electron chi connectivity index (χ2n) is 5.39. The van der Waals surface area contributed by atoms with Gasteiger partial charge in [0.25, 0.3) is 0 Å². The molecule has 2 rings (SSSR count). The highest BCUT2D eigenvalue weighted by molar-refractivity contribution is 5.34. The Morgan fingerprint density at radius 3 is 2.39 bits per heavy atom. The first kappa shape index (κ1) is 12.8. The van der Waals surface area contributed by atoms with Crippen LogP contribution in [0.25, 0.3) is 5.82 Å². The molecule has 0 N–H and O–H groups in total. The Labute approximate surface area is 109 Å². The van der Waals surface area contributed by atoms with E-state index in [9.17, 15) is 0 Å². The zero-order chi connectivity index (χ0) is 13.3. The van der Waals surface area contributed by atoms with Crippen molar-refractivity contribution in [3.63, 3.8) is 0 Å². The number of hydrogen-bond donors (Lipinski definition) is 0. The van der Waals surface area contributed by atoms with Gasteiger partial charge < -0.3 is 0 Å². The van der Waals surface area contributed by atoms with Gasteiger partial charge in [-0.15, -0.1) is 0 Å². The van der Waals surface area contributed by atoms with Crippen molar-refractivity contribution in [1.82, 2.24) is 14.8 Å². The molecule has 3 nitrogen and oxygen atoms in total. The molecule has 0 radical (unpaired) electrons. The number of aryl methyl sites for hydroxylation is 1. The summed E-state index contributed by atoms with van der Waals surface area (Å²) in [6.07, 6.45) is 3.92. The number of rotatable bonds is 3. The lowest BCUT2D eigenvalue weighted by Crippen LogP contribution is -2.03. The highest BCUT2D eigenvalue weighted by Crippen LogP contribution is 2.21. The van der Waals surface area contributed by atoms with Gasteiger partial charge in [-0.3, -0.25) is 0 Å². The molecule has 0 fully saturated rings. The fourth-order valence-corrected chi connectivity index (χ4v) is 2.05. The summed E-state index contributed by atoms with van der Waals surface area (Å²) in [6, 6.07) is 4.19. The maximum absolute atomic E-state index is 4.56. The van der Waals surface area contributed by atoms with Gasteiger partial charge in [-0.1, -0.05) is 27.7 Å². The first-order chi connectivity index (χ1) is 8.49. The van der Waals surface area contributed by atoms with Gasteiger partial charge in [0.1, 0.15) is 0 Å². The summed E-state index contributed by atoms with van der Waals surface area (Å²) in [6.45, 7) is 10.8. The van der Waals surface area contributed by atoms with Gasteiger partial charge in [0.15, 0.2) is 5.82 Å². The lowest BCUT2D eigenvalue weighted by Gasteiger charge is -2.11. The Kier molecular flexibility index (Phi) is 3.50. The van der Waals surface area contributed by atoms with Crippen LogP contribution in [0, 0.1) is 6.92 Å². The largest absolute Gasteiger partial charge is 0.237 e. The van der Waals surface area contributed by atoms with Crippen LogP contribution < -0.4 is 0 Å². The van der Waals surface area contributed by atoms with Crippen LogP contribution >= 0.6 is 0 Å². The van der Waals surface area contributed by atoms with Crippen LogP contribution in [-0.2, 0) is 0 Å². The second kappa shape index (κ2) is 4.92. The van der Waals surface area contributed by atoms with Crippen LogP contribution in [0.3, 0.4) is 0 Å². The predicted molar refractivity (Wildman–Crippen MR) is 74.3 cm³/mol. The van der Waals surface area contributed by atoms with Gasteiger partial charge in [0, 0.05) is 12.4 Å². The molecule has 3 heteroatoms. The molecule has 18 heavy (non-hydrogen) atoms. The molecule has 2 aromatic heterocycles. The third-order valence-corrected chi connectivity index (χ3v) is 3.19. The Morgan fingerprint density at radius 2 is 1.83 bits per heavy atom. The summed E-state index contributed by atoms with van der Waals surface area (Å²) in [5, 5.41) is 4.56. The van der Waals surface area contributed by atoms with Crippen molar-refractivity contribution in [2.75, 3.05) is 0 Å². The zero-order valence-electron chi connectivity index (χ0n) is 11.8. The molecule has 2 aromatic rings. The molecule has 0 bridgehead atoms. The van der Waals surface area contributed by atoms with E-state index in [2.05, 4.69) is 56.8 Å². The lowest BCUT2D eigenvalue weighted by molar-refractivity contribution is 0.752. The Hall–Kier alpha value is -1.64. The molecule has 0 saturated carbocycles. The fraction of sp³-hybridized carbons (Fsp3) is 0.467. The van der Waals surface area contributed by atoms with Gasteiger partial charge in [-0.05, 0) is 42.0 Å². The minimum absolute atomic E-state index is 0.446. The molecular formula is C15H21N3. The normalized spacial score (nSPS) is 11.5. The fourth-order valence-electron chi connectivity index (χ4n) is 2.05.